The quantitative estimate of drug-likeness (QED) is 0.739. The van der Waals surface area contributed by atoms with E-state index in [2.05, 4.69) is 15.3 Å². The summed E-state index contributed by atoms with van der Waals surface area (Å²) in [6, 6.07) is 5.92. The van der Waals surface area contributed by atoms with Crippen molar-refractivity contribution in [3.63, 3.8) is 0 Å². The first-order valence-corrected chi connectivity index (χ1v) is 9.90. The first kappa shape index (κ1) is 18.0. The van der Waals surface area contributed by atoms with Crippen molar-refractivity contribution in [3.05, 3.63) is 29.4 Å². The van der Waals surface area contributed by atoms with Crippen LogP contribution in [0.3, 0.4) is 0 Å². The highest BCUT2D eigenvalue weighted by atomic mass is 32.1. The second kappa shape index (κ2) is 7.32. The van der Waals surface area contributed by atoms with E-state index in [-0.39, 0.29) is 6.10 Å². The lowest BCUT2D eigenvalue weighted by atomic mass is 10.0. The van der Waals surface area contributed by atoms with E-state index in [0.717, 1.165) is 52.4 Å². The number of fused-ring (bicyclic) bond motifs is 1. The molecule has 0 spiro atoms. The lowest BCUT2D eigenvalue weighted by molar-refractivity contribution is 0.154. The molecule has 142 valence electrons. The zero-order chi connectivity index (χ0) is 19.0. The summed E-state index contributed by atoms with van der Waals surface area (Å²) in [5, 5.41) is 13.3. The molecule has 1 N–H and O–H groups in total. The lowest BCUT2D eigenvalue weighted by Crippen LogP contribution is -2.39. The average Bonchev–Trinajstić information content (AvgIpc) is 3.10. The maximum Gasteiger partial charge on any atom is 0.161 e. The van der Waals surface area contributed by atoms with Gasteiger partial charge in [0.1, 0.15) is 16.5 Å². The Bertz CT molecular complexity index is 973. The number of β-amino-alcohol motifs (C(OH)–C–C–N with tert-alkyl or cyclic N) is 1. The van der Waals surface area contributed by atoms with Crippen LogP contribution in [0.4, 0.5) is 5.82 Å². The minimum Gasteiger partial charge on any atom is -0.493 e. The standard InChI is InChI=1S/C20H23N3O3S/c1-12-21-19(23-8-4-5-14(24)10-23)18-15(11-27-20(18)22-12)13-6-7-16(25-2)17(9-13)26-3/h6-7,9,11,14,24H,4-5,8,10H2,1-3H3. The van der Waals surface area contributed by atoms with E-state index in [1.165, 1.54) is 0 Å². The van der Waals surface area contributed by atoms with Crippen LogP contribution in [0.5, 0.6) is 11.5 Å². The Hall–Kier alpha value is -2.38. The van der Waals surface area contributed by atoms with Crippen LogP contribution in [-0.2, 0) is 0 Å². The van der Waals surface area contributed by atoms with E-state index in [4.69, 9.17) is 14.5 Å². The highest BCUT2D eigenvalue weighted by Crippen LogP contribution is 2.41. The smallest absolute Gasteiger partial charge is 0.161 e. The summed E-state index contributed by atoms with van der Waals surface area (Å²) in [5.41, 5.74) is 2.11. The molecule has 3 aromatic rings. The minimum absolute atomic E-state index is 0.313. The van der Waals surface area contributed by atoms with E-state index in [1.807, 2.05) is 25.1 Å². The van der Waals surface area contributed by atoms with Gasteiger partial charge in [0.25, 0.3) is 0 Å². The van der Waals surface area contributed by atoms with E-state index < -0.39 is 0 Å². The molecule has 0 radical (unpaired) electrons. The fourth-order valence-corrected chi connectivity index (χ4v) is 4.61. The zero-order valence-corrected chi connectivity index (χ0v) is 16.5. The molecule has 0 saturated carbocycles. The Morgan fingerprint density at radius 1 is 1.19 bits per heavy atom. The van der Waals surface area contributed by atoms with Gasteiger partial charge in [-0.2, -0.15) is 0 Å². The Kier molecular flexibility index (Phi) is 4.88. The third-order valence-corrected chi connectivity index (χ3v) is 5.79. The molecule has 1 fully saturated rings. The largest absolute Gasteiger partial charge is 0.493 e. The molecule has 0 amide bonds. The SMILES string of the molecule is COc1ccc(-c2csc3nc(C)nc(N4CCCC(O)C4)c23)cc1OC. The molecule has 0 aliphatic carbocycles. The van der Waals surface area contributed by atoms with Crippen molar-refractivity contribution in [3.8, 4) is 22.6 Å². The second-order valence-electron chi connectivity index (χ2n) is 6.74. The summed E-state index contributed by atoms with van der Waals surface area (Å²) in [6.45, 7) is 3.41. The van der Waals surface area contributed by atoms with Crippen LogP contribution in [0.15, 0.2) is 23.6 Å². The van der Waals surface area contributed by atoms with Crippen molar-refractivity contribution in [2.24, 2.45) is 0 Å². The molecule has 3 heterocycles. The second-order valence-corrected chi connectivity index (χ2v) is 7.59. The number of thiophene rings is 1. The maximum absolute atomic E-state index is 10.1. The van der Waals surface area contributed by atoms with Gasteiger partial charge in [0.05, 0.1) is 25.7 Å². The minimum atomic E-state index is -0.313. The fourth-order valence-electron chi connectivity index (χ4n) is 3.62. The molecule has 1 atom stereocenters. The van der Waals surface area contributed by atoms with Crippen LogP contribution in [0.25, 0.3) is 21.3 Å². The number of anilines is 1. The van der Waals surface area contributed by atoms with Gasteiger partial charge in [-0.25, -0.2) is 9.97 Å². The van der Waals surface area contributed by atoms with E-state index in [9.17, 15) is 5.11 Å². The number of aliphatic hydroxyl groups is 1. The molecule has 1 aromatic carbocycles. The summed E-state index contributed by atoms with van der Waals surface area (Å²) >= 11 is 1.61. The van der Waals surface area contributed by atoms with Crippen molar-refractivity contribution >= 4 is 27.4 Å². The highest BCUT2D eigenvalue weighted by Gasteiger charge is 2.24. The molecule has 6 nitrogen and oxygen atoms in total. The zero-order valence-electron chi connectivity index (χ0n) is 15.7. The predicted molar refractivity (Wildman–Crippen MR) is 108 cm³/mol. The number of aromatic nitrogens is 2. The number of methoxy groups -OCH3 is 2. The molecule has 4 rings (SSSR count). The van der Waals surface area contributed by atoms with E-state index >= 15 is 0 Å². The first-order chi connectivity index (χ1) is 13.1. The Morgan fingerprint density at radius 3 is 2.74 bits per heavy atom. The van der Waals surface area contributed by atoms with Gasteiger partial charge in [-0.3, -0.25) is 0 Å². The summed E-state index contributed by atoms with van der Waals surface area (Å²) in [5.74, 6) is 3.05. The number of piperidine rings is 1. The van der Waals surface area contributed by atoms with Gasteiger partial charge in [-0.15, -0.1) is 11.3 Å². The molecule has 7 heteroatoms. The molecular formula is C20H23N3O3S. The Morgan fingerprint density at radius 2 is 2.00 bits per heavy atom. The van der Waals surface area contributed by atoms with Crippen LogP contribution < -0.4 is 14.4 Å². The molecule has 1 unspecified atom stereocenters. The fraction of sp³-hybridized carbons (Fsp3) is 0.400. The number of benzene rings is 1. The maximum atomic E-state index is 10.1. The first-order valence-electron chi connectivity index (χ1n) is 9.02. The number of aliphatic hydroxyl groups excluding tert-OH is 1. The summed E-state index contributed by atoms with van der Waals surface area (Å²) in [6.07, 6.45) is 1.49. The molecule has 1 aliphatic heterocycles. The van der Waals surface area contributed by atoms with Crippen LogP contribution in [0.1, 0.15) is 18.7 Å². The third-order valence-electron chi connectivity index (χ3n) is 4.92. The van der Waals surface area contributed by atoms with Gasteiger partial charge in [0.15, 0.2) is 11.5 Å². The number of aryl methyl sites for hydroxylation is 1. The number of rotatable bonds is 4. The van der Waals surface area contributed by atoms with Gasteiger partial charge >= 0.3 is 0 Å². The molecule has 1 aliphatic rings. The average molecular weight is 385 g/mol. The van der Waals surface area contributed by atoms with Gasteiger partial charge in [-0.05, 0) is 37.5 Å². The lowest BCUT2D eigenvalue weighted by Gasteiger charge is -2.31. The number of ether oxygens (including phenoxy) is 2. The summed E-state index contributed by atoms with van der Waals surface area (Å²) in [4.78, 5) is 12.5. The molecule has 0 bridgehead atoms. The number of hydrogen-bond acceptors (Lipinski definition) is 7. The van der Waals surface area contributed by atoms with Crippen molar-refractivity contribution < 1.29 is 14.6 Å². The van der Waals surface area contributed by atoms with Crippen molar-refractivity contribution in [2.75, 3.05) is 32.2 Å². The van der Waals surface area contributed by atoms with Gasteiger partial charge in [-0.1, -0.05) is 6.07 Å². The summed E-state index contributed by atoms with van der Waals surface area (Å²) < 4.78 is 10.8. The Labute approximate surface area is 162 Å². The van der Waals surface area contributed by atoms with Gasteiger partial charge < -0.3 is 19.5 Å². The van der Waals surface area contributed by atoms with E-state index in [0.29, 0.717) is 18.0 Å². The Balaban J connectivity index is 1.87. The highest BCUT2D eigenvalue weighted by molar-refractivity contribution is 7.17. The number of hydrogen-bond donors (Lipinski definition) is 1. The van der Waals surface area contributed by atoms with E-state index in [1.54, 1.807) is 25.6 Å². The molecular weight excluding hydrogens is 362 g/mol. The van der Waals surface area contributed by atoms with Crippen molar-refractivity contribution in [1.29, 1.82) is 0 Å². The van der Waals surface area contributed by atoms with Crippen LogP contribution in [-0.4, -0.2) is 48.5 Å². The normalized spacial score (nSPS) is 17.3. The molecule has 27 heavy (non-hydrogen) atoms. The van der Waals surface area contributed by atoms with Crippen molar-refractivity contribution in [2.45, 2.75) is 25.9 Å². The van der Waals surface area contributed by atoms with Gasteiger partial charge in [0, 0.05) is 24.0 Å². The predicted octanol–water partition coefficient (Wildman–Crippen LogP) is 3.65. The summed E-state index contributed by atoms with van der Waals surface area (Å²) in [7, 11) is 3.27. The van der Waals surface area contributed by atoms with Crippen molar-refractivity contribution in [1.82, 2.24) is 9.97 Å². The van der Waals surface area contributed by atoms with Crippen LogP contribution in [0, 0.1) is 6.92 Å². The molecule has 1 saturated heterocycles. The van der Waals surface area contributed by atoms with Crippen LogP contribution in [0.2, 0.25) is 0 Å². The van der Waals surface area contributed by atoms with Gasteiger partial charge in [0.2, 0.25) is 0 Å². The monoisotopic (exact) mass is 385 g/mol. The topological polar surface area (TPSA) is 67.7 Å². The number of nitrogens with zero attached hydrogens (tertiary/aromatic N) is 3. The van der Waals surface area contributed by atoms with Crippen LogP contribution >= 0.6 is 11.3 Å². The third kappa shape index (κ3) is 3.33. The molecule has 2 aromatic heterocycles.